The van der Waals surface area contributed by atoms with Crippen LogP contribution in [-0.2, 0) is 0 Å². The third-order valence-electron chi connectivity index (χ3n) is 11.0. The summed E-state index contributed by atoms with van der Waals surface area (Å²) in [5.74, 6) is 1.61. The van der Waals surface area contributed by atoms with Gasteiger partial charge in [0.1, 0.15) is 11.7 Å². The molecule has 0 fully saturated rings. The van der Waals surface area contributed by atoms with Crippen molar-refractivity contribution in [2.24, 2.45) is 9.98 Å². The molecule has 8 aromatic carbocycles. The molecule has 1 aliphatic rings. The predicted octanol–water partition coefficient (Wildman–Crippen LogP) is 8.66. The summed E-state index contributed by atoms with van der Waals surface area (Å²) in [4.78, 5) is 10.2. The SMILES string of the molecule is c1ccc(C2=NC(c3ccccc3)N=C(c3ccc(-n4c5ccccc5c5ccc([Si](c6ccccc6)(c6ccccc6)c6ccccc6)cc54)cc3)N2)cc1. The number of amidine groups is 2. The molecule has 0 saturated heterocycles. The zero-order valence-corrected chi connectivity index (χ0v) is 31.7. The summed E-state index contributed by atoms with van der Waals surface area (Å²) in [6.07, 6.45) is -0.346. The van der Waals surface area contributed by atoms with E-state index < -0.39 is 8.07 Å². The van der Waals surface area contributed by atoms with Crippen LogP contribution in [0.3, 0.4) is 0 Å². The van der Waals surface area contributed by atoms with Crippen molar-refractivity contribution in [2.45, 2.75) is 6.17 Å². The molecule has 0 bridgehead atoms. The van der Waals surface area contributed by atoms with E-state index in [1.54, 1.807) is 0 Å². The average molecular weight is 735 g/mol. The van der Waals surface area contributed by atoms with Crippen LogP contribution < -0.4 is 26.1 Å². The van der Waals surface area contributed by atoms with E-state index in [-0.39, 0.29) is 6.17 Å². The summed E-state index contributed by atoms with van der Waals surface area (Å²) in [5, 5.41) is 11.5. The molecule has 0 spiro atoms. The van der Waals surface area contributed by atoms with Gasteiger partial charge in [-0.25, -0.2) is 9.98 Å². The smallest absolute Gasteiger partial charge is 0.179 e. The van der Waals surface area contributed by atoms with Gasteiger partial charge in [0.2, 0.25) is 0 Å². The minimum atomic E-state index is -2.74. The lowest BCUT2D eigenvalue weighted by atomic mass is 10.1. The van der Waals surface area contributed by atoms with Crippen LogP contribution in [0.2, 0.25) is 0 Å². The number of nitrogens with zero attached hydrogens (tertiary/aromatic N) is 3. The summed E-state index contributed by atoms with van der Waals surface area (Å²) in [6, 6.07) is 78.7. The van der Waals surface area contributed by atoms with E-state index in [9.17, 15) is 0 Å². The first-order valence-corrected chi connectivity index (χ1v) is 21.1. The molecule has 0 saturated carbocycles. The second-order valence-electron chi connectivity index (χ2n) is 14.2. The van der Waals surface area contributed by atoms with Gasteiger partial charge in [0.15, 0.2) is 14.2 Å². The van der Waals surface area contributed by atoms with Crippen LogP contribution in [0.5, 0.6) is 0 Å². The number of para-hydroxylation sites is 1. The van der Waals surface area contributed by atoms with Gasteiger partial charge in [0.25, 0.3) is 0 Å². The third-order valence-corrected chi connectivity index (χ3v) is 15.8. The normalized spacial score (nSPS) is 14.2. The zero-order chi connectivity index (χ0) is 37.3. The molecule has 4 nitrogen and oxygen atoms in total. The average Bonchev–Trinajstić information content (AvgIpc) is 3.62. The molecule has 1 N–H and O–H groups in total. The Morgan fingerprint density at radius 3 is 1.43 bits per heavy atom. The van der Waals surface area contributed by atoms with Crippen molar-refractivity contribution < 1.29 is 0 Å². The highest BCUT2D eigenvalue weighted by molar-refractivity contribution is 7.20. The summed E-state index contributed by atoms with van der Waals surface area (Å²) >= 11 is 0. The molecular formula is C51H38N4Si. The van der Waals surface area contributed by atoms with Crippen LogP contribution in [0.4, 0.5) is 0 Å². The van der Waals surface area contributed by atoms with Crippen LogP contribution in [0, 0.1) is 0 Å². The van der Waals surface area contributed by atoms with E-state index in [0.717, 1.165) is 34.0 Å². The van der Waals surface area contributed by atoms with Gasteiger partial charge in [-0.1, -0.05) is 182 Å². The quantitative estimate of drug-likeness (QED) is 0.123. The molecular weight excluding hydrogens is 697 g/mol. The lowest BCUT2D eigenvalue weighted by Crippen LogP contribution is -2.74. The van der Waals surface area contributed by atoms with Gasteiger partial charge in [0.05, 0.1) is 11.0 Å². The minimum Gasteiger partial charge on any atom is -0.324 e. The number of rotatable bonds is 8. The second kappa shape index (κ2) is 14.3. The zero-order valence-electron chi connectivity index (χ0n) is 30.7. The first kappa shape index (κ1) is 33.5. The standard InChI is InChI=1S/C51H38N4Si/c1-6-18-37(19-7-1)49-52-50(38-20-8-2-9-21-38)54-51(53-49)39-30-32-40(33-31-39)55-47-29-17-16-28-45(47)46-35-34-44(36-48(46)55)56(41-22-10-3-11-23-41,42-24-12-4-13-25-42)43-26-14-5-15-27-43/h1-36,49H,(H,52,53,54). The largest absolute Gasteiger partial charge is 0.324 e. The molecule has 1 unspecified atom stereocenters. The maximum atomic E-state index is 5.13. The number of fused-ring (bicyclic) bond motifs is 3. The fourth-order valence-electron chi connectivity index (χ4n) is 8.43. The Morgan fingerprint density at radius 1 is 0.393 bits per heavy atom. The molecule has 1 atom stereocenters. The number of hydrogen-bond acceptors (Lipinski definition) is 3. The molecule has 2 heterocycles. The number of hydrogen-bond donors (Lipinski definition) is 1. The molecule has 1 aliphatic heterocycles. The lowest BCUT2D eigenvalue weighted by Gasteiger charge is -2.34. The highest BCUT2D eigenvalue weighted by atomic mass is 28.3. The van der Waals surface area contributed by atoms with Crippen LogP contribution in [0.15, 0.2) is 228 Å². The number of aliphatic imine (C=N–C) groups is 2. The van der Waals surface area contributed by atoms with Gasteiger partial charge in [-0.2, -0.15) is 0 Å². The van der Waals surface area contributed by atoms with Crippen molar-refractivity contribution in [3.05, 3.63) is 235 Å². The Bertz CT molecular complexity index is 2750. The summed E-state index contributed by atoms with van der Waals surface area (Å²) in [5.41, 5.74) is 6.54. The van der Waals surface area contributed by atoms with E-state index >= 15 is 0 Å². The van der Waals surface area contributed by atoms with Crippen molar-refractivity contribution in [3.63, 3.8) is 0 Å². The molecule has 56 heavy (non-hydrogen) atoms. The van der Waals surface area contributed by atoms with Crippen molar-refractivity contribution >= 4 is 62.3 Å². The van der Waals surface area contributed by atoms with Gasteiger partial charge >= 0.3 is 0 Å². The van der Waals surface area contributed by atoms with Gasteiger partial charge in [-0.3, -0.25) is 0 Å². The Balaban J connectivity index is 1.14. The van der Waals surface area contributed by atoms with Gasteiger partial charge < -0.3 is 9.88 Å². The Hall–Kier alpha value is -7.08. The van der Waals surface area contributed by atoms with Crippen molar-refractivity contribution in [1.29, 1.82) is 0 Å². The van der Waals surface area contributed by atoms with Gasteiger partial charge in [-0.05, 0) is 62.7 Å². The minimum absolute atomic E-state index is 0.346. The summed E-state index contributed by atoms with van der Waals surface area (Å²) in [6.45, 7) is 0. The van der Waals surface area contributed by atoms with E-state index in [4.69, 9.17) is 9.98 Å². The van der Waals surface area contributed by atoms with Crippen LogP contribution in [-0.4, -0.2) is 24.3 Å². The molecule has 5 heteroatoms. The second-order valence-corrected chi connectivity index (χ2v) is 18.0. The Kier molecular flexibility index (Phi) is 8.54. The van der Waals surface area contributed by atoms with E-state index in [1.165, 1.54) is 42.6 Å². The van der Waals surface area contributed by atoms with Crippen LogP contribution in [0.1, 0.15) is 22.9 Å². The molecule has 10 rings (SSSR count). The van der Waals surface area contributed by atoms with E-state index in [0.29, 0.717) is 0 Å². The Labute approximate surface area is 327 Å². The maximum Gasteiger partial charge on any atom is 0.179 e. The van der Waals surface area contributed by atoms with E-state index in [2.05, 4.69) is 192 Å². The summed E-state index contributed by atoms with van der Waals surface area (Å²) in [7, 11) is -2.74. The summed E-state index contributed by atoms with van der Waals surface area (Å²) < 4.78 is 2.43. The highest BCUT2D eigenvalue weighted by Crippen LogP contribution is 2.32. The first-order chi connectivity index (χ1) is 27.8. The van der Waals surface area contributed by atoms with Crippen molar-refractivity contribution in [3.8, 4) is 5.69 Å². The topological polar surface area (TPSA) is 41.7 Å². The maximum absolute atomic E-state index is 5.13. The van der Waals surface area contributed by atoms with Crippen molar-refractivity contribution in [2.75, 3.05) is 0 Å². The molecule has 266 valence electrons. The fraction of sp³-hybridized carbons (Fsp3) is 0.0196. The van der Waals surface area contributed by atoms with Crippen molar-refractivity contribution in [1.82, 2.24) is 9.88 Å². The molecule has 9 aromatic rings. The lowest BCUT2D eigenvalue weighted by molar-refractivity contribution is 0.756. The fourth-order valence-corrected chi connectivity index (χ4v) is 13.2. The molecule has 0 aliphatic carbocycles. The number of nitrogens with one attached hydrogen (secondary N) is 1. The number of benzene rings is 8. The van der Waals surface area contributed by atoms with Crippen LogP contribution >= 0.6 is 0 Å². The predicted molar refractivity (Wildman–Crippen MR) is 236 cm³/mol. The van der Waals surface area contributed by atoms with E-state index in [1.807, 2.05) is 36.4 Å². The Morgan fingerprint density at radius 2 is 0.857 bits per heavy atom. The van der Waals surface area contributed by atoms with Gasteiger partial charge in [-0.15, -0.1) is 0 Å². The molecule has 0 radical (unpaired) electrons. The molecule has 1 aromatic heterocycles. The molecule has 0 amide bonds. The van der Waals surface area contributed by atoms with Crippen LogP contribution in [0.25, 0.3) is 27.5 Å². The van der Waals surface area contributed by atoms with Gasteiger partial charge in [0, 0.05) is 27.6 Å². The number of aromatic nitrogens is 1. The monoisotopic (exact) mass is 734 g/mol. The highest BCUT2D eigenvalue weighted by Gasteiger charge is 2.41. The first-order valence-electron chi connectivity index (χ1n) is 19.1. The third kappa shape index (κ3) is 5.77.